The summed E-state index contributed by atoms with van der Waals surface area (Å²) in [6.07, 6.45) is 2.48. The molecule has 0 saturated carbocycles. The van der Waals surface area contributed by atoms with E-state index < -0.39 is 24.3 Å². The van der Waals surface area contributed by atoms with Gasteiger partial charge in [-0.25, -0.2) is 9.50 Å². The van der Waals surface area contributed by atoms with E-state index in [1.54, 1.807) is 26.4 Å². The van der Waals surface area contributed by atoms with Gasteiger partial charge in [-0.15, -0.1) is 0 Å². The van der Waals surface area contributed by atoms with Crippen LogP contribution in [0.25, 0.3) is 27.9 Å². The van der Waals surface area contributed by atoms with Crippen molar-refractivity contribution in [1.29, 1.82) is 0 Å². The van der Waals surface area contributed by atoms with E-state index in [0.29, 0.717) is 64.1 Å². The van der Waals surface area contributed by atoms with Gasteiger partial charge < -0.3 is 26.0 Å². The molecular weight excluding hydrogens is 622 g/mol. The standard InChI is InChI=1S/C31H33ClF2N8O4/c1-41-25(15-36-14-20-11-31(33,34)30(45)38-20)40-42-16-18(10-24(42)29(41)44)21-4-3-5-22(27(21)32)23-8-6-17(28(39-23)46-2)12-35-13-19-7-9-26(43)37-19/h3-6,8,10,16,19-20,35-36H,7,9,11-15H2,1-2H3,(H,37,43)(H,38,45). The second-order valence-corrected chi connectivity index (χ2v) is 11.9. The predicted octanol–water partition coefficient (Wildman–Crippen LogP) is 2.41. The number of ether oxygens (including phenoxy) is 1. The Bertz CT molecular complexity index is 1880. The highest BCUT2D eigenvalue weighted by molar-refractivity contribution is 6.36. The lowest BCUT2D eigenvalue weighted by Crippen LogP contribution is -2.37. The maximum atomic E-state index is 13.5. The van der Waals surface area contributed by atoms with E-state index in [4.69, 9.17) is 21.3 Å². The lowest BCUT2D eigenvalue weighted by atomic mass is 10.0. The molecule has 4 N–H and O–H groups in total. The van der Waals surface area contributed by atoms with Gasteiger partial charge in [-0.05, 0) is 18.6 Å². The van der Waals surface area contributed by atoms with Crippen molar-refractivity contribution in [2.45, 2.75) is 50.4 Å². The molecule has 0 aliphatic carbocycles. The van der Waals surface area contributed by atoms with Gasteiger partial charge >= 0.3 is 5.92 Å². The first-order valence-corrected chi connectivity index (χ1v) is 15.2. The van der Waals surface area contributed by atoms with Crippen LogP contribution in [0.4, 0.5) is 8.78 Å². The summed E-state index contributed by atoms with van der Waals surface area (Å²) in [7, 11) is 3.14. The molecule has 46 heavy (non-hydrogen) atoms. The van der Waals surface area contributed by atoms with Crippen LogP contribution in [0.15, 0.2) is 47.4 Å². The normalized spacial score (nSPS) is 19.1. The molecule has 2 unspecified atom stereocenters. The van der Waals surface area contributed by atoms with Crippen molar-refractivity contribution in [2.24, 2.45) is 7.05 Å². The highest BCUT2D eigenvalue weighted by atomic mass is 35.5. The number of hydrogen-bond acceptors (Lipinski definition) is 8. The lowest BCUT2D eigenvalue weighted by molar-refractivity contribution is -0.139. The minimum Gasteiger partial charge on any atom is -0.481 e. The maximum absolute atomic E-state index is 13.5. The Kier molecular flexibility index (Phi) is 8.77. The number of nitrogens with zero attached hydrogens (tertiary/aromatic N) is 4. The second-order valence-electron chi connectivity index (χ2n) is 11.5. The van der Waals surface area contributed by atoms with E-state index in [0.717, 1.165) is 12.0 Å². The van der Waals surface area contributed by atoms with Crippen LogP contribution in [0.3, 0.4) is 0 Å². The molecule has 3 aromatic heterocycles. The Balaban J connectivity index is 1.19. The molecule has 2 fully saturated rings. The van der Waals surface area contributed by atoms with Gasteiger partial charge in [0, 0.05) is 80.1 Å². The number of hydrogen-bond donors (Lipinski definition) is 4. The Morgan fingerprint density at radius 2 is 1.83 bits per heavy atom. The number of alkyl halides is 2. The van der Waals surface area contributed by atoms with Crippen LogP contribution in [-0.2, 0) is 29.7 Å². The van der Waals surface area contributed by atoms with Gasteiger partial charge in [0.2, 0.25) is 11.8 Å². The molecule has 6 rings (SSSR count). The van der Waals surface area contributed by atoms with Gasteiger partial charge in [0.25, 0.3) is 11.5 Å². The molecule has 2 atom stereocenters. The zero-order valence-corrected chi connectivity index (χ0v) is 26.0. The van der Waals surface area contributed by atoms with Crippen LogP contribution in [0.5, 0.6) is 5.88 Å². The number of pyridine rings is 1. The molecule has 4 aromatic rings. The molecule has 2 aliphatic heterocycles. The number of fused-ring (bicyclic) bond motifs is 1. The summed E-state index contributed by atoms with van der Waals surface area (Å²) in [4.78, 5) is 40.8. The summed E-state index contributed by atoms with van der Waals surface area (Å²) in [6, 6.07) is 10.4. The summed E-state index contributed by atoms with van der Waals surface area (Å²) in [5.74, 6) is -3.74. The molecular formula is C31H33ClF2N8O4. The number of rotatable bonds is 11. The Morgan fingerprint density at radius 3 is 2.54 bits per heavy atom. The highest BCUT2D eigenvalue weighted by Gasteiger charge is 2.47. The van der Waals surface area contributed by atoms with Crippen molar-refractivity contribution >= 4 is 28.9 Å². The summed E-state index contributed by atoms with van der Waals surface area (Å²) >= 11 is 6.94. The molecule has 5 heterocycles. The van der Waals surface area contributed by atoms with Gasteiger partial charge in [0.05, 0.1) is 24.4 Å². The quantitative estimate of drug-likeness (QED) is 0.193. The zero-order chi connectivity index (χ0) is 32.6. The first-order valence-electron chi connectivity index (χ1n) is 14.8. The summed E-state index contributed by atoms with van der Waals surface area (Å²) < 4.78 is 35.5. The van der Waals surface area contributed by atoms with Crippen LogP contribution >= 0.6 is 11.6 Å². The van der Waals surface area contributed by atoms with Crippen molar-refractivity contribution in [3.05, 3.63) is 69.4 Å². The fourth-order valence-electron chi connectivity index (χ4n) is 5.80. The maximum Gasteiger partial charge on any atom is 0.326 e. The van der Waals surface area contributed by atoms with E-state index in [1.807, 2.05) is 30.3 Å². The SMILES string of the molecule is COc1nc(-c2cccc(-c3cc4c(=O)n(C)c(CNCC5CC(F)(F)C(=O)N5)nn4c3)c2Cl)ccc1CNCC1CCC(=O)N1. The summed E-state index contributed by atoms with van der Waals surface area (Å²) in [5, 5.41) is 16.6. The van der Waals surface area contributed by atoms with Crippen molar-refractivity contribution in [1.82, 2.24) is 40.4 Å². The van der Waals surface area contributed by atoms with E-state index in [1.165, 1.54) is 9.08 Å². The highest BCUT2D eigenvalue weighted by Crippen LogP contribution is 2.37. The molecule has 0 bridgehead atoms. The zero-order valence-electron chi connectivity index (χ0n) is 25.2. The van der Waals surface area contributed by atoms with E-state index >= 15 is 0 Å². The van der Waals surface area contributed by atoms with Crippen LogP contribution < -0.4 is 31.6 Å². The third kappa shape index (κ3) is 6.32. The summed E-state index contributed by atoms with van der Waals surface area (Å²) in [5.41, 5.74) is 3.53. The largest absolute Gasteiger partial charge is 0.481 e. The number of aromatic nitrogens is 4. The van der Waals surface area contributed by atoms with Gasteiger partial charge in [0.15, 0.2) is 0 Å². The van der Waals surface area contributed by atoms with Gasteiger partial charge in [-0.2, -0.15) is 13.9 Å². The Labute approximate surface area is 267 Å². The van der Waals surface area contributed by atoms with Crippen molar-refractivity contribution in [2.75, 3.05) is 20.2 Å². The molecule has 2 saturated heterocycles. The van der Waals surface area contributed by atoms with Gasteiger partial charge in [0.1, 0.15) is 11.3 Å². The second kappa shape index (κ2) is 12.8. The van der Waals surface area contributed by atoms with E-state index in [-0.39, 0.29) is 30.6 Å². The molecule has 12 nitrogen and oxygen atoms in total. The van der Waals surface area contributed by atoms with Crippen molar-refractivity contribution < 1.29 is 23.1 Å². The Hall–Kier alpha value is -4.40. The van der Waals surface area contributed by atoms with Crippen LogP contribution in [0.2, 0.25) is 5.02 Å². The van der Waals surface area contributed by atoms with Gasteiger partial charge in [-0.1, -0.05) is 35.9 Å². The topological polar surface area (TPSA) is 144 Å². The average molecular weight is 655 g/mol. The first kappa shape index (κ1) is 31.6. The van der Waals surface area contributed by atoms with Crippen LogP contribution in [-0.4, -0.2) is 69.2 Å². The molecule has 242 valence electrons. The molecule has 0 spiro atoms. The number of amides is 2. The molecule has 0 radical (unpaired) electrons. The predicted molar refractivity (Wildman–Crippen MR) is 167 cm³/mol. The third-order valence-corrected chi connectivity index (χ3v) is 8.70. The molecule has 2 aliphatic rings. The number of methoxy groups -OCH3 is 1. The van der Waals surface area contributed by atoms with Gasteiger partial charge in [-0.3, -0.25) is 19.0 Å². The molecule has 2 amide bonds. The van der Waals surface area contributed by atoms with Crippen LogP contribution in [0, 0.1) is 0 Å². The molecule has 1 aromatic carbocycles. The number of nitrogens with one attached hydrogen (secondary N) is 4. The van der Waals surface area contributed by atoms with Crippen molar-refractivity contribution in [3.8, 4) is 28.3 Å². The minimum absolute atomic E-state index is 0.0745. The fourth-order valence-corrected chi connectivity index (χ4v) is 6.13. The summed E-state index contributed by atoms with van der Waals surface area (Å²) in [6.45, 7) is 1.39. The molecule has 15 heteroatoms. The first-order chi connectivity index (χ1) is 22.0. The fraction of sp³-hybridized carbons (Fsp3) is 0.387. The Morgan fingerprint density at radius 1 is 1.07 bits per heavy atom. The van der Waals surface area contributed by atoms with E-state index in [2.05, 4.69) is 26.4 Å². The smallest absolute Gasteiger partial charge is 0.326 e. The number of halogens is 3. The average Bonchev–Trinajstić information content (AvgIpc) is 3.72. The lowest BCUT2D eigenvalue weighted by Gasteiger charge is -2.14. The number of benzene rings is 1. The van der Waals surface area contributed by atoms with Crippen molar-refractivity contribution in [3.63, 3.8) is 0 Å². The monoisotopic (exact) mass is 654 g/mol. The minimum atomic E-state index is -3.38. The third-order valence-electron chi connectivity index (χ3n) is 8.29. The number of carbonyl (C=O) groups is 2. The number of carbonyl (C=O) groups excluding carboxylic acids is 2. The van der Waals surface area contributed by atoms with Crippen LogP contribution in [0.1, 0.15) is 30.7 Å². The van der Waals surface area contributed by atoms with E-state index in [9.17, 15) is 23.2 Å².